The predicted octanol–water partition coefficient (Wildman–Crippen LogP) is -6.38. The minimum atomic E-state index is -0.122. The maximum absolute atomic E-state index is 14.4. The van der Waals surface area contributed by atoms with Gasteiger partial charge in [0.15, 0.2) is 0 Å². The average molecular weight is 417 g/mol. The number of halogens is 4. The van der Waals surface area contributed by atoms with E-state index in [0.29, 0.717) is 12.1 Å². The van der Waals surface area contributed by atoms with Crippen molar-refractivity contribution in [1.82, 2.24) is 4.90 Å². The summed E-state index contributed by atoms with van der Waals surface area (Å²) in [4.78, 5) is 4.53. The summed E-state index contributed by atoms with van der Waals surface area (Å²) >= 11 is 0. The molecule has 2 N–H and O–H groups in total. The number of ether oxygens (including phenoxy) is 1. The smallest absolute Gasteiger partial charge is 1.00 e. The van der Waals surface area contributed by atoms with Crippen LogP contribution in [0.3, 0.4) is 0 Å². The molecule has 1 aromatic carbocycles. The van der Waals surface area contributed by atoms with Crippen molar-refractivity contribution in [3.8, 4) is 0 Å². The number of anilines is 2. The van der Waals surface area contributed by atoms with Gasteiger partial charge in [-0.2, -0.15) is 0 Å². The monoisotopic (exact) mass is 415 g/mol. The van der Waals surface area contributed by atoms with Crippen LogP contribution in [0.2, 0.25) is 0 Å². The van der Waals surface area contributed by atoms with Gasteiger partial charge in [0.05, 0.1) is 24.6 Å². The van der Waals surface area contributed by atoms with E-state index in [-0.39, 0.29) is 47.3 Å². The first kappa shape index (κ1) is 24.5. The van der Waals surface area contributed by atoms with E-state index in [2.05, 4.69) is 9.80 Å². The SMILES string of the molecule is Nc1cc(CCN2CCOCC2)c(F)cc1N1CCCCC1.[Cl-].[Cl-].[Cl-].[H+].[H+].[H+]. The molecular weight excluding hydrogens is 388 g/mol. The molecule has 0 unspecified atom stereocenters. The van der Waals surface area contributed by atoms with Crippen molar-refractivity contribution in [2.24, 2.45) is 0 Å². The molecule has 0 bridgehead atoms. The molecule has 0 atom stereocenters. The van der Waals surface area contributed by atoms with E-state index in [1.807, 2.05) is 6.07 Å². The van der Waals surface area contributed by atoms with Gasteiger partial charge in [0.2, 0.25) is 0 Å². The Morgan fingerprint density at radius 2 is 1.64 bits per heavy atom. The van der Waals surface area contributed by atoms with Crippen LogP contribution in [0.5, 0.6) is 0 Å². The third-order valence-electron chi connectivity index (χ3n) is 4.69. The Labute approximate surface area is 172 Å². The van der Waals surface area contributed by atoms with Gasteiger partial charge in [-0.1, -0.05) is 0 Å². The van der Waals surface area contributed by atoms with Crippen LogP contribution in [-0.2, 0) is 11.2 Å². The number of nitrogen functional groups attached to an aromatic ring is 1. The fourth-order valence-electron chi connectivity index (χ4n) is 3.33. The van der Waals surface area contributed by atoms with E-state index in [4.69, 9.17) is 10.5 Å². The van der Waals surface area contributed by atoms with Crippen LogP contribution in [0, 0.1) is 5.82 Å². The number of piperidine rings is 1. The zero-order valence-electron chi connectivity index (χ0n) is 17.3. The molecule has 2 saturated heterocycles. The minimum absolute atomic E-state index is 0. The molecule has 2 aliphatic heterocycles. The lowest BCUT2D eigenvalue weighted by molar-refractivity contribution is -0.001000. The van der Waals surface area contributed by atoms with Crippen molar-refractivity contribution in [2.75, 3.05) is 56.6 Å². The quantitative estimate of drug-likeness (QED) is 0.496. The predicted molar refractivity (Wildman–Crippen MR) is 91.2 cm³/mol. The first-order chi connectivity index (χ1) is 10.7. The van der Waals surface area contributed by atoms with Gasteiger partial charge in [0, 0.05) is 32.7 Å². The lowest BCUT2D eigenvalue weighted by Gasteiger charge is -2.30. The van der Waals surface area contributed by atoms with Crippen LogP contribution >= 0.6 is 0 Å². The fraction of sp³-hybridized carbons (Fsp3) is 0.647. The lowest BCUT2D eigenvalue weighted by atomic mass is 10.1. The second-order valence-corrected chi connectivity index (χ2v) is 6.25. The molecule has 25 heavy (non-hydrogen) atoms. The van der Waals surface area contributed by atoms with Gasteiger partial charge >= 0.3 is 4.28 Å². The van der Waals surface area contributed by atoms with Crippen molar-refractivity contribution in [3.05, 3.63) is 23.5 Å². The van der Waals surface area contributed by atoms with E-state index in [1.54, 1.807) is 6.07 Å². The van der Waals surface area contributed by atoms with E-state index in [1.165, 1.54) is 19.3 Å². The zero-order valence-corrected chi connectivity index (χ0v) is 16.6. The molecular formula is C17H29Cl3FN3O. The summed E-state index contributed by atoms with van der Waals surface area (Å²) in [5.41, 5.74) is 8.49. The number of hydrogen-bond donors (Lipinski definition) is 1. The van der Waals surface area contributed by atoms with Crippen LogP contribution in [0.1, 0.15) is 29.1 Å². The molecule has 0 amide bonds. The molecule has 2 heterocycles. The minimum Gasteiger partial charge on any atom is -1.00 e. The highest BCUT2D eigenvalue weighted by Crippen LogP contribution is 2.29. The number of hydrogen-bond acceptors (Lipinski definition) is 4. The Morgan fingerprint density at radius 1 is 1.00 bits per heavy atom. The third kappa shape index (κ3) is 6.65. The summed E-state index contributed by atoms with van der Waals surface area (Å²) in [5, 5.41) is 0. The van der Waals surface area contributed by atoms with Gasteiger partial charge in [0.1, 0.15) is 5.82 Å². The fourth-order valence-corrected chi connectivity index (χ4v) is 3.33. The Hall–Kier alpha value is -0.460. The van der Waals surface area contributed by atoms with Gasteiger partial charge < -0.3 is 52.6 Å². The van der Waals surface area contributed by atoms with Crippen molar-refractivity contribution in [1.29, 1.82) is 0 Å². The second kappa shape index (κ2) is 12.0. The molecule has 8 heteroatoms. The Balaban J connectivity index is -0.000000480. The molecule has 0 spiro atoms. The molecule has 1 aromatic rings. The first-order valence-corrected chi connectivity index (χ1v) is 8.37. The molecule has 0 radical (unpaired) electrons. The maximum Gasteiger partial charge on any atom is 1.00 e. The topological polar surface area (TPSA) is 41.7 Å². The van der Waals surface area contributed by atoms with Gasteiger partial charge in [-0.3, -0.25) is 4.90 Å². The van der Waals surface area contributed by atoms with Crippen molar-refractivity contribution >= 4 is 11.4 Å². The van der Waals surface area contributed by atoms with Crippen molar-refractivity contribution in [3.63, 3.8) is 0 Å². The van der Waals surface area contributed by atoms with Gasteiger partial charge in [-0.15, -0.1) is 0 Å². The van der Waals surface area contributed by atoms with Crippen LogP contribution in [0.15, 0.2) is 12.1 Å². The molecule has 2 fully saturated rings. The van der Waals surface area contributed by atoms with Gasteiger partial charge in [-0.25, -0.2) is 4.39 Å². The first-order valence-electron chi connectivity index (χ1n) is 8.37. The third-order valence-corrected chi connectivity index (χ3v) is 4.69. The highest BCUT2D eigenvalue weighted by molar-refractivity contribution is 5.69. The Kier molecular flexibility index (Phi) is 11.8. The molecule has 3 rings (SSSR count). The molecule has 2 aliphatic rings. The normalized spacial score (nSPS) is 17.9. The van der Waals surface area contributed by atoms with Gasteiger partial charge in [-0.05, 0) is 43.4 Å². The van der Waals surface area contributed by atoms with Crippen LogP contribution in [0.4, 0.5) is 15.8 Å². The molecule has 0 aromatic heterocycles. The average Bonchev–Trinajstić information content (AvgIpc) is 2.57. The number of rotatable bonds is 4. The number of nitrogens with zero attached hydrogens (tertiary/aromatic N) is 2. The van der Waals surface area contributed by atoms with E-state index in [9.17, 15) is 4.39 Å². The largest absolute Gasteiger partial charge is 1.00 e. The number of morpholine rings is 1. The van der Waals surface area contributed by atoms with E-state index in [0.717, 1.165) is 57.2 Å². The summed E-state index contributed by atoms with van der Waals surface area (Å²) in [6.45, 7) is 6.25. The van der Waals surface area contributed by atoms with Gasteiger partial charge in [0.25, 0.3) is 0 Å². The summed E-state index contributed by atoms with van der Waals surface area (Å²) in [6, 6.07) is 3.47. The highest BCUT2D eigenvalue weighted by atomic mass is 35.5. The lowest BCUT2D eigenvalue weighted by Crippen LogP contribution is -3.00. The maximum atomic E-state index is 14.4. The van der Waals surface area contributed by atoms with E-state index < -0.39 is 0 Å². The van der Waals surface area contributed by atoms with Crippen molar-refractivity contribution < 1.29 is 50.6 Å². The summed E-state index contributed by atoms with van der Waals surface area (Å²) in [7, 11) is 0. The number of benzene rings is 1. The standard InChI is InChI=1S/C17H26FN3O.3ClH/c18-15-13-17(21-5-2-1-3-6-21)16(19)12-14(15)4-7-20-8-10-22-11-9-20;;;/h12-13H,1-11,19H2;3*1H. The summed E-state index contributed by atoms with van der Waals surface area (Å²) in [5.74, 6) is -0.122. The van der Waals surface area contributed by atoms with Crippen LogP contribution in [0.25, 0.3) is 0 Å². The molecule has 4 nitrogen and oxygen atoms in total. The van der Waals surface area contributed by atoms with Crippen LogP contribution in [-0.4, -0.2) is 50.8 Å². The molecule has 0 aliphatic carbocycles. The highest BCUT2D eigenvalue weighted by Gasteiger charge is 2.17. The Morgan fingerprint density at radius 3 is 2.28 bits per heavy atom. The number of nitrogens with two attached hydrogens (primary N) is 1. The summed E-state index contributed by atoms with van der Waals surface area (Å²) < 4.78 is 19.8. The van der Waals surface area contributed by atoms with Crippen LogP contribution < -0.4 is 47.9 Å². The zero-order chi connectivity index (χ0) is 15.4. The molecule has 146 valence electrons. The Bertz CT molecular complexity index is 524. The van der Waals surface area contributed by atoms with Crippen molar-refractivity contribution in [2.45, 2.75) is 25.7 Å². The second-order valence-electron chi connectivity index (χ2n) is 6.25. The molecule has 0 saturated carbocycles. The van der Waals surface area contributed by atoms with E-state index >= 15 is 0 Å². The summed E-state index contributed by atoms with van der Waals surface area (Å²) in [6.07, 6.45) is 4.30.